The monoisotopic (exact) mass is 354 g/mol. The molecule has 128 valence electrons. The highest BCUT2D eigenvalue weighted by Gasteiger charge is 2.33. The lowest BCUT2D eigenvalue weighted by atomic mass is 10.1. The summed E-state index contributed by atoms with van der Waals surface area (Å²) in [5.41, 5.74) is 2.24. The van der Waals surface area contributed by atoms with E-state index in [1.807, 2.05) is 12.1 Å². The van der Waals surface area contributed by atoms with Gasteiger partial charge >= 0.3 is 0 Å². The standard InChI is InChI=1S/C17H26N2O2S2/c1-3-5-11-19(16-10-12-23(20,21)13-16)17(22)18-15-8-6-14(4-2)7-9-15/h6-9,16H,3-5,10-13H2,1-2H3,(H,18,22)/t16-/m1/s1. The summed E-state index contributed by atoms with van der Waals surface area (Å²) in [6.07, 6.45) is 3.74. The number of unbranched alkanes of at least 4 members (excludes halogenated alkanes) is 1. The summed E-state index contributed by atoms with van der Waals surface area (Å²) < 4.78 is 23.6. The Bertz CT molecular complexity index is 626. The van der Waals surface area contributed by atoms with Gasteiger partial charge in [0.1, 0.15) is 0 Å². The smallest absolute Gasteiger partial charge is 0.173 e. The maximum absolute atomic E-state index is 11.8. The molecule has 1 heterocycles. The molecule has 0 amide bonds. The maximum atomic E-state index is 11.8. The van der Waals surface area contributed by atoms with Gasteiger partial charge < -0.3 is 10.2 Å². The lowest BCUT2D eigenvalue weighted by Gasteiger charge is -2.31. The number of sulfone groups is 1. The van der Waals surface area contributed by atoms with E-state index in [0.717, 1.165) is 31.5 Å². The van der Waals surface area contributed by atoms with E-state index in [2.05, 4.69) is 36.2 Å². The Kier molecular flexibility index (Phi) is 6.41. The van der Waals surface area contributed by atoms with Crippen molar-refractivity contribution in [3.8, 4) is 0 Å². The molecule has 1 aliphatic heterocycles. The van der Waals surface area contributed by atoms with Crippen molar-refractivity contribution in [3.63, 3.8) is 0 Å². The van der Waals surface area contributed by atoms with Gasteiger partial charge in [0, 0.05) is 18.3 Å². The van der Waals surface area contributed by atoms with Crippen LogP contribution in [0.4, 0.5) is 5.69 Å². The first-order valence-corrected chi connectivity index (χ1v) is 10.5. The third-order valence-electron chi connectivity index (χ3n) is 4.28. The van der Waals surface area contributed by atoms with E-state index >= 15 is 0 Å². The predicted molar refractivity (Wildman–Crippen MR) is 101 cm³/mol. The summed E-state index contributed by atoms with van der Waals surface area (Å²) in [5, 5.41) is 3.90. The molecular formula is C17H26N2O2S2. The van der Waals surface area contributed by atoms with Crippen molar-refractivity contribution in [3.05, 3.63) is 29.8 Å². The van der Waals surface area contributed by atoms with E-state index in [4.69, 9.17) is 12.2 Å². The number of nitrogens with one attached hydrogen (secondary N) is 1. The predicted octanol–water partition coefficient (Wildman–Crippen LogP) is 3.24. The Morgan fingerprint density at radius 3 is 2.52 bits per heavy atom. The van der Waals surface area contributed by atoms with Gasteiger partial charge in [-0.3, -0.25) is 0 Å². The molecule has 1 aromatic rings. The largest absolute Gasteiger partial charge is 0.345 e. The molecule has 1 atom stereocenters. The second-order valence-electron chi connectivity index (χ2n) is 6.08. The van der Waals surface area contributed by atoms with Crippen molar-refractivity contribution in [2.24, 2.45) is 0 Å². The van der Waals surface area contributed by atoms with E-state index in [9.17, 15) is 8.42 Å². The molecule has 0 unspecified atom stereocenters. The zero-order valence-corrected chi connectivity index (χ0v) is 15.5. The minimum absolute atomic E-state index is 0.00136. The highest BCUT2D eigenvalue weighted by atomic mass is 32.2. The van der Waals surface area contributed by atoms with Crippen molar-refractivity contribution in [1.82, 2.24) is 4.90 Å². The van der Waals surface area contributed by atoms with Gasteiger partial charge in [0.05, 0.1) is 11.5 Å². The lowest BCUT2D eigenvalue weighted by molar-refractivity contribution is 0.333. The number of nitrogens with zero attached hydrogens (tertiary/aromatic N) is 1. The van der Waals surface area contributed by atoms with Crippen LogP contribution in [0.25, 0.3) is 0 Å². The SMILES string of the molecule is CCCCN(C(=S)Nc1ccc(CC)cc1)[C@@H]1CCS(=O)(=O)C1. The van der Waals surface area contributed by atoms with Crippen LogP contribution in [-0.2, 0) is 16.3 Å². The van der Waals surface area contributed by atoms with Gasteiger partial charge in [0.15, 0.2) is 14.9 Å². The molecule has 1 fully saturated rings. The van der Waals surface area contributed by atoms with Gasteiger partial charge in [-0.1, -0.05) is 32.4 Å². The van der Waals surface area contributed by atoms with Crippen LogP contribution >= 0.6 is 12.2 Å². The summed E-state index contributed by atoms with van der Waals surface area (Å²) in [5.74, 6) is 0.488. The van der Waals surface area contributed by atoms with E-state index in [-0.39, 0.29) is 17.5 Å². The van der Waals surface area contributed by atoms with Crippen LogP contribution in [0.1, 0.15) is 38.7 Å². The highest BCUT2D eigenvalue weighted by molar-refractivity contribution is 7.91. The first-order chi connectivity index (χ1) is 10.9. The number of thiocarbonyl (C=S) groups is 1. The van der Waals surface area contributed by atoms with Crippen molar-refractivity contribution < 1.29 is 8.42 Å². The molecule has 0 bridgehead atoms. The van der Waals surface area contributed by atoms with Crippen LogP contribution in [0.2, 0.25) is 0 Å². The Balaban J connectivity index is 2.06. The molecule has 4 nitrogen and oxygen atoms in total. The molecule has 23 heavy (non-hydrogen) atoms. The maximum Gasteiger partial charge on any atom is 0.173 e. The fraction of sp³-hybridized carbons (Fsp3) is 0.588. The second-order valence-corrected chi connectivity index (χ2v) is 8.70. The molecule has 1 saturated heterocycles. The third-order valence-corrected chi connectivity index (χ3v) is 6.36. The fourth-order valence-corrected chi connectivity index (χ4v) is 4.91. The van der Waals surface area contributed by atoms with Crippen molar-refractivity contribution >= 4 is 32.9 Å². The number of anilines is 1. The molecule has 0 aromatic heterocycles. The van der Waals surface area contributed by atoms with Crippen LogP contribution in [0, 0.1) is 0 Å². The zero-order chi connectivity index (χ0) is 16.9. The molecule has 0 aliphatic carbocycles. The Morgan fingerprint density at radius 2 is 2.00 bits per heavy atom. The minimum Gasteiger partial charge on any atom is -0.345 e. The number of aryl methyl sites for hydroxylation is 1. The Labute approximate surface area is 145 Å². The van der Waals surface area contributed by atoms with Gasteiger partial charge in [0.25, 0.3) is 0 Å². The van der Waals surface area contributed by atoms with Crippen LogP contribution in [0.15, 0.2) is 24.3 Å². The summed E-state index contributed by atoms with van der Waals surface area (Å²) in [7, 11) is -2.91. The highest BCUT2D eigenvalue weighted by Crippen LogP contribution is 2.20. The molecule has 1 aliphatic rings. The van der Waals surface area contributed by atoms with Gasteiger partial charge in [-0.2, -0.15) is 0 Å². The molecule has 1 aromatic carbocycles. The van der Waals surface area contributed by atoms with Gasteiger partial charge in [0.2, 0.25) is 0 Å². The molecule has 1 N–H and O–H groups in total. The topological polar surface area (TPSA) is 49.4 Å². The molecule has 0 spiro atoms. The third kappa shape index (κ3) is 5.18. The number of benzene rings is 1. The lowest BCUT2D eigenvalue weighted by Crippen LogP contribution is -2.44. The van der Waals surface area contributed by atoms with Crippen LogP contribution in [0.3, 0.4) is 0 Å². The van der Waals surface area contributed by atoms with Crippen LogP contribution < -0.4 is 5.32 Å². The van der Waals surface area contributed by atoms with Crippen LogP contribution in [0.5, 0.6) is 0 Å². The molecular weight excluding hydrogens is 328 g/mol. The van der Waals surface area contributed by atoms with Gasteiger partial charge in [-0.15, -0.1) is 0 Å². The summed E-state index contributed by atoms with van der Waals surface area (Å²) >= 11 is 5.56. The quantitative estimate of drug-likeness (QED) is 0.795. The molecule has 0 radical (unpaired) electrons. The van der Waals surface area contributed by atoms with E-state index in [1.54, 1.807) is 0 Å². The normalized spacial score (nSPS) is 19.5. The number of rotatable bonds is 6. The van der Waals surface area contributed by atoms with Crippen molar-refractivity contribution in [2.75, 3.05) is 23.4 Å². The molecule has 0 saturated carbocycles. The Morgan fingerprint density at radius 1 is 1.30 bits per heavy atom. The van der Waals surface area contributed by atoms with Crippen molar-refractivity contribution in [2.45, 2.75) is 45.6 Å². The Hall–Kier alpha value is -1.14. The summed E-state index contributed by atoms with van der Waals surface area (Å²) in [6.45, 7) is 5.05. The van der Waals surface area contributed by atoms with E-state index < -0.39 is 9.84 Å². The first kappa shape index (κ1) is 18.2. The fourth-order valence-electron chi connectivity index (χ4n) is 2.82. The molecule has 6 heteroatoms. The molecule has 2 rings (SSSR count). The number of hydrogen-bond donors (Lipinski definition) is 1. The number of hydrogen-bond acceptors (Lipinski definition) is 3. The van der Waals surface area contributed by atoms with Crippen LogP contribution in [-0.4, -0.2) is 42.5 Å². The average Bonchev–Trinajstić information content (AvgIpc) is 2.88. The van der Waals surface area contributed by atoms with Gasteiger partial charge in [-0.25, -0.2) is 8.42 Å². The first-order valence-electron chi connectivity index (χ1n) is 8.32. The van der Waals surface area contributed by atoms with E-state index in [1.165, 1.54) is 5.56 Å². The van der Waals surface area contributed by atoms with Crippen molar-refractivity contribution in [1.29, 1.82) is 0 Å². The average molecular weight is 355 g/mol. The minimum atomic E-state index is -2.91. The van der Waals surface area contributed by atoms with Gasteiger partial charge in [-0.05, 0) is 49.2 Å². The van der Waals surface area contributed by atoms with E-state index in [0.29, 0.717) is 11.5 Å². The summed E-state index contributed by atoms with van der Waals surface area (Å²) in [4.78, 5) is 2.07. The summed E-state index contributed by atoms with van der Waals surface area (Å²) in [6, 6.07) is 8.22. The zero-order valence-electron chi connectivity index (χ0n) is 13.9. The second kappa shape index (κ2) is 8.11.